The van der Waals surface area contributed by atoms with Crippen LogP contribution in [0.4, 0.5) is 11.4 Å². The first-order valence-corrected chi connectivity index (χ1v) is 17.7. The van der Waals surface area contributed by atoms with E-state index in [2.05, 4.69) is 115 Å². The van der Waals surface area contributed by atoms with E-state index in [0.717, 1.165) is 42.1 Å². The third-order valence-corrected chi connectivity index (χ3v) is 12.3. The molecule has 0 N–H and O–H groups in total. The fourth-order valence-electron chi connectivity index (χ4n) is 10.5. The van der Waals surface area contributed by atoms with Crippen LogP contribution < -0.4 is 9.64 Å². The Morgan fingerprint density at radius 3 is 2.66 bits per heavy atom. The molecule has 4 aromatic carbocycles. The molecule has 0 amide bonds. The Morgan fingerprint density at radius 2 is 1.70 bits per heavy atom. The number of hydrogen-bond donors (Lipinski definition) is 0. The molecule has 3 unspecified atom stereocenters. The van der Waals surface area contributed by atoms with Gasteiger partial charge in [0.1, 0.15) is 22.9 Å². The third-order valence-electron chi connectivity index (χ3n) is 12.3. The monoisotopic (exact) mass is 611 g/mol. The van der Waals surface area contributed by atoms with Crippen LogP contribution in [-0.4, -0.2) is 6.04 Å². The zero-order valence-electron chi connectivity index (χ0n) is 26.8. The van der Waals surface area contributed by atoms with Gasteiger partial charge in [-0.3, -0.25) is 0 Å². The van der Waals surface area contributed by atoms with Gasteiger partial charge in [-0.05, 0) is 96.2 Å². The van der Waals surface area contributed by atoms with E-state index in [4.69, 9.17) is 9.15 Å². The molecule has 1 aromatic heterocycles. The summed E-state index contributed by atoms with van der Waals surface area (Å²) in [5.74, 6) is 4.05. The highest BCUT2D eigenvalue weighted by atomic mass is 16.5. The van der Waals surface area contributed by atoms with Crippen molar-refractivity contribution in [1.82, 2.24) is 0 Å². The molecule has 0 radical (unpaired) electrons. The van der Waals surface area contributed by atoms with E-state index in [0.29, 0.717) is 17.9 Å². The molecular formula is C44H37NO2. The van der Waals surface area contributed by atoms with Crippen molar-refractivity contribution >= 4 is 34.0 Å². The van der Waals surface area contributed by atoms with Crippen LogP contribution in [0.15, 0.2) is 113 Å². The standard InChI is InChI=1S/C44H37NO2/c1-26-11-8-22-40-41(26)31-25-27(23-24-38(31)46-40)28-13-9-18-35-43(28)47-39-21-7-4-16-33(39)44(35)32-15-3-6-20-37(32)45-36-19-5-2-12-29(36)30-14-10-17-34(44)42(30)45/h3-4,6-8,10,13-17,20-26,29,36H,2,5,9,11-12,18-19H2,1H3/t26?,29?,36?,44-/m0/s1. The fraction of sp³-hybridized carbons (Fsp3) is 0.273. The van der Waals surface area contributed by atoms with Gasteiger partial charge in [0, 0.05) is 45.4 Å². The molecule has 0 bridgehead atoms. The van der Waals surface area contributed by atoms with Crippen LogP contribution in [0.25, 0.3) is 22.6 Å². The second-order valence-corrected chi connectivity index (χ2v) is 14.5. The minimum Gasteiger partial charge on any atom is -0.456 e. The number of para-hydroxylation sites is 3. The van der Waals surface area contributed by atoms with E-state index < -0.39 is 5.41 Å². The predicted octanol–water partition coefficient (Wildman–Crippen LogP) is 11.3. The molecule has 230 valence electrons. The smallest absolute Gasteiger partial charge is 0.135 e. The minimum atomic E-state index is -0.423. The lowest BCUT2D eigenvalue weighted by Gasteiger charge is -2.50. The number of allylic oxidation sites excluding steroid dienone is 4. The molecule has 1 spiro atoms. The summed E-state index contributed by atoms with van der Waals surface area (Å²) in [6, 6.07) is 32.7. The Labute approximate surface area is 275 Å². The van der Waals surface area contributed by atoms with Crippen LogP contribution in [0, 0.1) is 0 Å². The van der Waals surface area contributed by atoms with Gasteiger partial charge in [-0.2, -0.15) is 0 Å². The number of fused-ring (bicyclic) bond motifs is 13. The molecule has 4 atom stereocenters. The molecule has 4 heterocycles. The maximum absolute atomic E-state index is 7.12. The van der Waals surface area contributed by atoms with Crippen molar-refractivity contribution in [3.05, 3.63) is 148 Å². The first-order valence-electron chi connectivity index (χ1n) is 17.7. The molecule has 6 aliphatic rings. The molecule has 47 heavy (non-hydrogen) atoms. The molecule has 1 fully saturated rings. The summed E-state index contributed by atoms with van der Waals surface area (Å²) >= 11 is 0. The summed E-state index contributed by atoms with van der Waals surface area (Å²) in [5.41, 5.74) is 14.2. The summed E-state index contributed by atoms with van der Waals surface area (Å²) in [6.07, 6.45) is 15.0. The van der Waals surface area contributed by atoms with Crippen LogP contribution in [0.3, 0.4) is 0 Å². The van der Waals surface area contributed by atoms with Crippen molar-refractivity contribution < 1.29 is 9.15 Å². The normalized spacial score (nSPS) is 26.2. The highest BCUT2D eigenvalue weighted by Gasteiger charge is 2.56. The molecule has 3 aliphatic heterocycles. The van der Waals surface area contributed by atoms with Gasteiger partial charge in [0.05, 0.1) is 5.41 Å². The Balaban J connectivity index is 1.20. The molecule has 1 saturated carbocycles. The van der Waals surface area contributed by atoms with E-state index in [1.54, 1.807) is 5.56 Å². The van der Waals surface area contributed by atoms with Crippen molar-refractivity contribution in [1.29, 1.82) is 0 Å². The molecule has 3 nitrogen and oxygen atoms in total. The van der Waals surface area contributed by atoms with Crippen molar-refractivity contribution in [2.24, 2.45) is 0 Å². The first-order chi connectivity index (χ1) is 23.2. The summed E-state index contributed by atoms with van der Waals surface area (Å²) in [4.78, 5) is 2.76. The lowest BCUT2D eigenvalue weighted by Crippen LogP contribution is -2.44. The van der Waals surface area contributed by atoms with Crippen molar-refractivity contribution in [3.8, 4) is 5.75 Å². The van der Waals surface area contributed by atoms with Gasteiger partial charge in [-0.25, -0.2) is 0 Å². The number of hydrogen-bond acceptors (Lipinski definition) is 3. The molecule has 5 aromatic rings. The average molecular weight is 612 g/mol. The Kier molecular flexibility index (Phi) is 5.27. The maximum Gasteiger partial charge on any atom is 0.135 e. The van der Waals surface area contributed by atoms with Crippen LogP contribution in [0.5, 0.6) is 5.75 Å². The number of ether oxygens (including phenoxy) is 1. The summed E-state index contributed by atoms with van der Waals surface area (Å²) in [7, 11) is 0. The summed E-state index contributed by atoms with van der Waals surface area (Å²) < 4.78 is 13.5. The van der Waals surface area contributed by atoms with Gasteiger partial charge in [0.2, 0.25) is 0 Å². The quantitative estimate of drug-likeness (QED) is 0.189. The van der Waals surface area contributed by atoms with Gasteiger partial charge in [-0.1, -0.05) is 92.6 Å². The Morgan fingerprint density at radius 1 is 0.851 bits per heavy atom. The zero-order chi connectivity index (χ0) is 30.9. The largest absolute Gasteiger partial charge is 0.456 e. The second kappa shape index (κ2) is 9.41. The van der Waals surface area contributed by atoms with Gasteiger partial charge in [-0.15, -0.1) is 0 Å². The Bertz CT molecular complexity index is 2260. The van der Waals surface area contributed by atoms with Crippen molar-refractivity contribution in [3.63, 3.8) is 0 Å². The van der Waals surface area contributed by atoms with Crippen LogP contribution in [-0.2, 0) is 5.41 Å². The third kappa shape index (κ3) is 3.28. The predicted molar refractivity (Wildman–Crippen MR) is 189 cm³/mol. The minimum absolute atomic E-state index is 0.423. The van der Waals surface area contributed by atoms with E-state index in [1.807, 2.05) is 0 Å². The molecule has 3 heteroatoms. The lowest BCUT2D eigenvalue weighted by atomic mass is 9.59. The van der Waals surface area contributed by atoms with Crippen LogP contribution in [0.2, 0.25) is 0 Å². The summed E-state index contributed by atoms with van der Waals surface area (Å²) in [5, 5.41) is 1.23. The zero-order valence-corrected chi connectivity index (χ0v) is 26.8. The fourth-order valence-corrected chi connectivity index (χ4v) is 10.5. The molecule has 11 rings (SSSR count). The Hall–Kier alpha value is -4.76. The van der Waals surface area contributed by atoms with E-state index in [9.17, 15) is 0 Å². The lowest BCUT2D eigenvalue weighted by molar-refractivity contribution is 0.387. The average Bonchev–Trinajstić information content (AvgIpc) is 3.67. The molecule has 0 saturated heterocycles. The highest BCUT2D eigenvalue weighted by Crippen LogP contribution is 2.66. The SMILES string of the molecule is CC1CC=Cc2oc3ccc(C4=CCCC5=C4Oc4ccccc4[C@]54c5ccccc5N5c6c(cccc64)C4CCCCC45)cc3c21. The first kappa shape index (κ1) is 26.3. The van der Waals surface area contributed by atoms with Gasteiger partial charge >= 0.3 is 0 Å². The van der Waals surface area contributed by atoms with Crippen LogP contribution in [0.1, 0.15) is 103 Å². The highest BCUT2D eigenvalue weighted by molar-refractivity contribution is 5.94. The summed E-state index contributed by atoms with van der Waals surface area (Å²) in [6.45, 7) is 2.31. The molecule has 3 aliphatic carbocycles. The number of nitrogens with zero attached hydrogens (tertiary/aromatic N) is 1. The molecular weight excluding hydrogens is 574 g/mol. The van der Waals surface area contributed by atoms with E-state index in [-0.39, 0.29) is 0 Å². The van der Waals surface area contributed by atoms with Crippen LogP contribution >= 0.6 is 0 Å². The van der Waals surface area contributed by atoms with E-state index in [1.165, 1.54) is 81.4 Å². The maximum atomic E-state index is 7.12. The number of anilines is 2. The number of rotatable bonds is 1. The van der Waals surface area contributed by atoms with Gasteiger partial charge in [0.25, 0.3) is 0 Å². The van der Waals surface area contributed by atoms with Crippen molar-refractivity contribution in [2.75, 3.05) is 4.90 Å². The number of furan rings is 1. The van der Waals surface area contributed by atoms with Gasteiger partial charge < -0.3 is 14.1 Å². The van der Waals surface area contributed by atoms with E-state index >= 15 is 0 Å². The van der Waals surface area contributed by atoms with Gasteiger partial charge in [0.15, 0.2) is 0 Å². The second-order valence-electron chi connectivity index (χ2n) is 14.5. The number of benzene rings is 4. The van der Waals surface area contributed by atoms with Crippen molar-refractivity contribution in [2.45, 2.75) is 75.2 Å². The topological polar surface area (TPSA) is 25.6 Å².